The molecule has 2 aromatic rings. The number of aromatic carboxylic acids is 1. The molecule has 0 aromatic heterocycles. The van der Waals surface area contributed by atoms with E-state index in [-0.39, 0.29) is 17.0 Å². The second-order valence-electron chi connectivity index (χ2n) is 6.41. The minimum atomic E-state index is -3.70. The maximum atomic E-state index is 12.8. The third-order valence-electron chi connectivity index (χ3n) is 4.64. The van der Waals surface area contributed by atoms with Gasteiger partial charge in [0, 0.05) is 32.4 Å². The van der Waals surface area contributed by atoms with Crippen molar-refractivity contribution in [2.45, 2.75) is 24.3 Å². The van der Waals surface area contributed by atoms with Crippen LogP contribution >= 0.6 is 0 Å². The second-order valence-corrected chi connectivity index (χ2v) is 8.46. The van der Waals surface area contributed by atoms with E-state index in [2.05, 4.69) is 4.90 Å². The van der Waals surface area contributed by atoms with Crippen LogP contribution in [0.2, 0.25) is 0 Å². The minimum Gasteiger partial charge on any atom is -0.478 e. The Morgan fingerprint density at radius 2 is 1.69 bits per heavy atom. The Kier molecular flexibility index (Phi) is 5.29. The molecule has 0 saturated carbocycles. The van der Waals surface area contributed by atoms with Gasteiger partial charge >= 0.3 is 5.97 Å². The number of nitrogens with zero attached hydrogens (tertiary/aromatic N) is 2. The number of rotatable bonds is 6. The highest BCUT2D eigenvalue weighted by molar-refractivity contribution is 7.89. The van der Waals surface area contributed by atoms with Gasteiger partial charge < -0.3 is 10.0 Å². The quantitative estimate of drug-likeness (QED) is 0.841. The van der Waals surface area contributed by atoms with Crippen molar-refractivity contribution in [2.24, 2.45) is 0 Å². The molecular weight excluding hydrogens is 352 g/mol. The Morgan fingerprint density at radius 1 is 1.08 bits per heavy atom. The maximum absolute atomic E-state index is 12.8. The number of hydrogen-bond donors (Lipinski definition) is 1. The highest BCUT2D eigenvalue weighted by Crippen LogP contribution is 2.27. The summed E-state index contributed by atoms with van der Waals surface area (Å²) in [7, 11) is -2.16. The van der Waals surface area contributed by atoms with Crippen LogP contribution in [0.3, 0.4) is 0 Å². The van der Waals surface area contributed by atoms with Crippen LogP contribution in [0.1, 0.15) is 28.8 Å². The van der Waals surface area contributed by atoms with Gasteiger partial charge in [0.2, 0.25) is 10.0 Å². The molecule has 0 bridgehead atoms. The number of carboxylic acids is 1. The van der Waals surface area contributed by atoms with Gasteiger partial charge in [0.1, 0.15) is 0 Å². The number of benzene rings is 2. The molecule has 2 aromatic carbocycles. The van der Waals surface area contributed by atoms with Crippen molar-refractivity contribution in [2.75, 3.05) is 25.0 Å². The van der Waals surface area contributed by atoms with E-state index >= 15 is 0 Å². The summed E-state index contributed by atoms with van der Waals surface area (Å²) in [6.45, 7) is 2.24. The van der Waals surface area contributed by atoms with Gasteiger partial charge in [-0.25, -0.2) is 13.2 Å². The highest BCUT2D eigenvalue weighted by Gasteiger charge is 2.23. The minimum absolute atomic E-state index is 0.0611. The SMILES string of the molecule is CN(Cc1ccccc1N1CCCC1)S(=O)(=O)c1ccc(C(=O)O)cc1. The number of carbonyl (C=O) groups is 1. The molecule has 1 fully saturated rings. The smallest absolute Gasteiger partial charge is 0.335 e. The normalized spacial score (nSPS) is 14.8. The maximum Gasteiger partial charge on any atom is 0.335 e. The van der Waals surface area contributed by atoms with E-state index < -0.39 is 16.0 Å². The lowest BCUT2D eigenvalue weighted by Crippen LogP contribution is -2.28. The van der Waals surface area contributed by atoms with E-state index in [0.717, 1.165) is 37.2 Å². The molecule has 6 nitrogen and oxygen atoms in total. The van der Waals surface area contributed by atoms with Gasteiger partial charge in [-0.05, 0) is 48.7 Å². The highest BCUT2D eigenvalue weighted by atomic mass is 32.2. The van der Waals surface area contributed by atoms with Crippen LogP contribution in [0.15, 0.2) is 53.4 Å². The standard InChI is InChI=1S/C19H22N2O4S/c1-20(26(24,25)17-10-8-15(9-11-17)19(22)23)14-16-6-2-3-7-18(16)21-12-4-5-13-21/h2-3,6-11H,4-5,12-14H2,1H3,(H,22,23). The summed E-state index contributed by atoms with van der Waals surface area (Å²) in [5.74, 6) is -1.08. The summed E-state index contributed by atoms with van der Waals surface area (Å²) in [5, 5.41) is 8.95. The molecule has 0 unspecified atom stereocenters. The molecule has 0 aliphatic carbocycles. The van der Waals surface area contributed by atoms with E-state index in [1.165, 1.54) is 28.6 Å². The van der Waals surface area contributed by atoms with Crippen LogP contribution in [0.5, 0.6) is 0 Å². The van der Waals surface area contributed by atoms with Gasteiger partial charge in [0.15, 0.2) is 0 Å². The molecule has 26 heavy (non-hydrogen) atoms. The first-order chi connectivity index (χ1) is 12.4. The van der Waals surface area contributed by atoms with E-state index in [0.29, 0.717) is 0 Å². The molecule has 0 atom stereocenters. The molecule has 138 valence electrons. The summed E-state index contributed by atoms with van der Waals surface area (Å²) in [4.78, 5) is 13.3. The van der Waals surface area contributed by atoms with Crippen molar-refractivity contribution in [1.82, 2.24) is 4.31 Å². The first kappa shape index (κ1) is 18.4. The molecule has 7 heteroatoms. The van der Waals surface area contributed by atoms with Crippen LogP contribution in [0, 0.1) is 0 Å². The van der Waals surface area contributed by atoms with E-state index in [1.807, 2.05) is 24.3 Å². The largest absolute Gasteiger partial charge is 0.478 e. The summed E-state index contributed by atoms with van der Waals surface area (Å²) < 4.78 is 26.9. The number of para-hydroxylation sites is 1. The van der Waals surface area contributed by atoms with Crippen molar-refractivity contribution >= 4 is 21.7 Å². The summed E-state index contributed by atoms with van der Waals surface area (Å²) >= 11 is 0. The van der Waals surface area contributed by atoms with Gasteiger partial charge in [-0.15, -0.1) is 0 Å². The predicted molar refractivity (Wildman–Crippen MR) is 99.9 cm³/mol. The number of sulfonamides is 1. The lowest BCUT2D eigenvalue weighted by molar-refractivity contribution is 0.0696. The van der Waals surface area contributed by atoms with E-state index in [4.69, 9.17) is 5.11 Å². The molecule has 1 saturated heterocycles. The van der Waals surface area contributed by atoms with Crippen molar-refractivity contribution in [1.29, 1.82) is 0 Å². The first-order valence-corrected chi connectivity index (χ1v) is 9.96. The molecule has 0 amide bonds. The lowest BCUT2D eigenvalue weighted by Gasteiger charge is -2.24. The van der Waals surface area contributed by atoms with Gasteiger partial charge in [0.05, 0.1) is 10.5 Å². The molecule has 1 N–H and O–H groups in total. The van der Waals surface area contributed by atoms with Crippen molar-refractivity contribution in [3.63, 3.8) is 0 Å². The van der Waals surface area contributed by atoms with Crippen LogP contribution in [-0.4, -0.2) is 43.9 Å². The number of hydrogen-bond acceptors (Lipinski definition) is 4. The van der Waals surface area contributed by atoms with Gasteiger partial charge in [0.25, 0.3) is 0 Å². The summed E-state index contributed by atoms with van der Waals surface area (Å²) in [5.41, 5.74) is 2.10. The molecule has 0 radical (unpaired) electrons. The molecule has 3 rings (SSSR count). The zero-order chi connectivity index (χ0) is 18.7. The summed E-state index contributed by atoms with van der Waals surface area (Å²) in [6.07, 6.45) is 2.30. The van der Waals surface area contributed by atoms with Crippen LogP contribution < -0.4 is 4.90 Å². The average molecular weight is 374 g/mol. The Balaban J connectivity index is 1.83. The van der Waals surface area contributed by atoms with E-state index in [9.17, 15) is 13.2 Å². The van der Waals surface area contributed by atoms with Crippen LogP contribution in [0.4, 0.5) is 5.69 Å². The molecule has 1 aliphatic rings. The zero-order valence-electron chi connectivity index (χ0n) is 14.6. The van der Waals surface area contributed by atoms with Crippen molar-refractivity contribution in [3.8, 4) is 0 Å². The molecule has 1 aliphatic heterocycles. The monoisotopic (exact) mass is 374 g/mol. The molecular formula is C19H22N2O4S. The van der Waals surface area contributed by atoms with Gasteiger partial charge in [-0.1, -0.05) is 18.2 Å². The molecule has 1 heterocycles. The number of anilines is 1. The van der Waals surface area contributed by atoms with Gasteiger partial charge in [-0.3, -0.25) is 0 Å². The fraction of sp³-hybridized carbons (Fsp3) is 0.316. The van der Waals surface area contributed by atoms with Crippen molar-refractivity contribution < 1.29 is 18.3 Å². The van der Waals surface area contributed by atoms with Crippen LogP contribution in [0.25, 0.3) is 0 Å². The fourth-order valence-electron chi connectivity index (χ4n) is 3.19. The fourth-order valence-corrected chi connectivity index (χ4v) is 4.33. The lowest BCUT2D eigenvalue weighted by atomic mass is 10.1. The summed E-state index contributed by atoms with van der Waals surface area (Å²) in [6, 6.07) is 13.1. The Hall–Kier alpha value is -2.38. The van der Waals surface area contributed by atoms with Crippen LogP contribution in [-0.2, 0) is 16.6 Å². The average Bonchev–Trinajstić information content (AvgIpc) is 3.16. The topological polar surface area (TPSA) is 77.9 Å². The molecule has 0 spiro atoms. The Labute approximate surface area is 153 Å². The predicted octanol–water partition coefficient (Wildman–Crippen LogP) is 2.81. The van der Waals surface area contributed by atoms with Gasteiger partial charge in [-0.2, -0.15) is 4.31 Å². The second kappa shape index (κ2) is 7.47. The van der Waals surface area contributed by atoms with E-state index in [1.54, 1.807) is 7.05 Å². The third-order valence-corrected chi connectivity index (χ3v) is 6.46. The number of carboxylic acid groups (broad SMARTS) is 1. The van der Waals surface area contributed by atoms with Crippen molar-refractivity contribution in [3.05, 3.63) is 59.7 Å². The Morgan fingerprint density at radius 3 is 2.31 bits per heavy atom. The Bertz CT molecular complexity index is 888. The first-order valence-electron chi connectivity index (χ1n) is 8.52. The zero-order valence-corrected chi connectivity index (χ0v) is 15.4. The third kappa shape index (κ3) is 3.73.